The lowest BCUT2D eigenvalue weighted by molar-refractivity contribution is -0.143. The van der Waals surface area contributed by atoms with Crippen molar-refractivity contribution in [3.8, 4) is 28.0 Å². The van der Waals surface area contributed by atoms with Crippen molar-refractivity contribution in [1.29, 1.82) is 0 Å². The summed E-state index contributed by atoms with van der Waals surface area (Å²) in [5.74, 6) is -1.20. The lowest BCUT2D eigenvalue weighted by Gasteiger charge is -2.47. The molecule has 56 heavy (non-hydrogen) atoms. The maximum absolute atomic E-state index is 13.4. The molecule has 5 aliphatic rings. The molecule has 0 saturated carbocycles. The summed E-state index contributed by atoms with van der Waals surface area (Å²) < 4.78 is 0. The van der Waals surface area contributed by atoms with Crippen molar-refractivity contribution in [2.24, 2.45) is 11.8 Å². The van der Waals surface area contributed by atoms with Gasteiger partial charge in [-0.2, -0.15) is 0 Å². The number of likely N-dealkylation sites (tertiary alicyclic amines) is 1. The van der Waals surface area contributed by atoms with E-state index in [2.05, 4.69) is 63.6 Å². The Morgan fingerprint density at radius 1 is 0.732 bits per heavy atom. The molecule has 1 unspecified atom stereocenters. The molecule has 10 rings (SSSR count). The first-order chi connectivity index (χ1) is 27.2. The molecule has 0 radical (unpaired) electrons. The summed E-state index contributed by atoms with van der Waals surface area (Å²) in [5, 5.41) is 14.4. The molecule has 5 aromatic rings. The molecule has 5 aromatic carbocycles. The van der Waals surface area contributed by atoms with Gasteiger partial charge in [0.25, 0.3) is 11.8 Å². The average Bonchev–Trinajstić information content (AvgIpc) is 3.67. The van der Waals surface area contributed by atoms with Crippen LogP contribution in [0, 0.1) is 11.8 Å². The Morgan fingerprint density at radius 2 is 1.43 bits per heavy atom. The predicted octanol–water partition coefficient (Wildman–Crippen LogP) is 5.19. The molecule has 280 valence electrons. The van der Waals surface area contributed by atoms with E-state index < -0.39 is 29.7 Å². The van der Waals surface area contributed by atoms with E-state index in [1.54, 1.807) is 24.3 Å². The second-order valence-corrected chi connectivity index (χ2v) is 15.8. The van der Waals surface area contributed by atoms with E-state index in [1.165, 1.54) is 0 Å². The lowest BCUT2D eigenvalue weighted by Crippen LogP contribution is -2.60. The van der Waals surface area contributed by atoms with Gasteiger partial charge in [0.15, 0.2) is 0 Å². The van der Waals surface area contributed by atoms with Crippen LogP contribution in [0.15, 0.2) is 97.1 Å². The van der Waals surface area contributed by atoms with E-state index in [-0.39, 0.29) is 30.4 Å². The normalized spacial score (nSPS) is 19.9. The van der Waals surface area contributed by atoms with Crippen LogP contribution in [0.5, 0.6) is 5.75 Å². The molecule has 0 aromatic heterocycles. The number of hydrogen-bond donors (Lipinski definition) is 2. The zero-order valence-electron chi connectivity index (χ0n) is 30.6. The van der Waals surface area contributed by atoms with Gasteiger partial charge in [0.2, 0.25) is 17.7 Å². The summed E-state index contributed by atoms with van der Waals surface area (Å²) in [7, 11) is 0. The number of phenols is 1. The van der Waals surface area contributed by atoms with Crippen molar-refractivity contribution >= 4 is 46.0 Å². The number of rotatable bonds is 7. The van der Waals surface area contributed by atoms with Crippen molar-refractivity contribution in [2.45, 2.75) is 32.0 Å². The maximum atomic E-state index is 13.4. The number of nitrogens with zero attached hydrogens (tertiary/aromatic N) is 4. The van der Waals surface area contributed by atoms with Crippen molar-refractivity contribution in [2.75, 3.05) is 37.6 Å². The van der Waals surface area contributed by atoms with E-state index in [0.717, 1.165) is 74.4 Å². The number of fused-ring (bicyclic) bond motifs is 3. The van der Waals surface area contributed by atoms with Crippen molar-refractivity contribution < 1.29 is 29.1 Å². The highest BCUT2D eigenvalue weighted by Gasteiger charge is 2.46. The van der Waals surface area contributed by atoms with Gasteiger partial charge < -0.3 is 14.9 Å². The smallest absolute Gasteiger partial charge is 0.262 e. The van der Waals surface area contributed by atoms with Gasteiger partial charge in [-0.15, -0.1) is 0 Å². The Kier molecular flexibility index (Phi) is 8.03. The fourth-order valence-electron chi connectivity index (χ4n) is 9.23. The molecule has 11 heteroatoms. The highest BCUT2D eigenvalue weighted by Crippen LogP contribution is 2.41. The van der Waals surface area contributed by atoms with E-state index in [9.17, 15) is 29.1 Å². The summed E-state index contributed by atoms with van der Waals surface area (Å²) in [4.78, 5) is 71.6. The molecule has 2 N–H and O–H groups in total. The number of aromatic hydroxyl groups is 1. The number of amides is 5. The van der Waals surface area contributed by atoms with E-state index >= 15 is 0 Å². The molecular weight excluding hydrogens is 707 g/mol. The second-order valence-electron chi connectivity index (χ2n) is 15.8. The number of carbonyl (C=O) groups is 5. The van der Waals surface area contributed by atoms with Crippen LogP contribution in [0.3, 0.4) is 0 Å². The van der Waals surface area contributed by atoms with Gasteiger partial charge in [-0.25, -0.2) is 0 Å². The Morgan fingerprint density at radius 3 is 2.11 bits per heavy atom. The van der Waals surface area contributed by atoms with Gasteiger partial charge in [-0.05, 0) is 87.0 Å². The Labute approximate surface area is 323 Å². The number of nitrogens with one attached hydrogen (secondary N) is 1. The molecule has 0 spiro atoms. The Balaban J connectivity index is 0.737. The molecule has 0 aliphatic carbocycles. The quantitative estimate of drug-likeness (QED) is 0.218. The first-order valence-corrected chi connectivity index (χ1v) is 19.2. The summed E-state index contributed by atoms with van der Waals surface area (Å²) in [6.45, 7) is 4.94. The fourth-order valence-corrected chi connectivity index (χ4v) is 9.23. The maximum Gasteiger partial charge on any atom is 0.262 e. The zero-order chi connectivity index (χ0) is 38.2. The van der Waals surface area contributed by atoms with Crippen LogP contribution in [0.1, 0.15) is 44.7 Å². The van der Waals surface area contributed by atoms with Crippen LogP contribution in [0.4, 0.5) is 5.69 Å². The van der Waals surface area contributed by atoms with Crippen LogP contribution in [-0.2, 0) is 27.5 Å². The molecule has 3 fully saturated rings. The molecule has 11 nitrogen and oxygen atoms in total. The number of anilines is 1. The summed E-state index contributed by atoms with van der Waals surface area (Å²) in [6.07, 6.45) is 0.224. The molecule has 3 saturated heterocycles. The second kappa shape index (κ2) is 13.2. The van der Waals surface area contributed by atoms with Crippen LogP contribution in [-0.4, -0.2) is 88.1 Å². The monoisotopic (exact) mass is 745 g/mol. The highest BCUT2D eigenvalue weighted by atomic mass is 16.3. The van der Waals surface area contributed by atoms with E-state index in [0.29, 0.717) is 43.2 Å². The first kappa shape index (κ1) is 34.2. The van der Waals surface area contributed by atoms with Gasteiger partial charge in [0, 0.05) is 63.8 Å². The number of phenolic OH excluding ortho intramolecular Hbond substituents is 1. The minimum Gasteiger partial charge on any atom is -0.508 e. The number of benzene rings is 5. The Bertz CT molecular complexity index is 2440. The summed E-state index contributed by atoms with van der Waals surface area (Å²) in [6, 6.07) is 31.2. The standard InChI is InChI=1S/C45H39N5O6/c51-34-11-13-36-29(16-34)8-12-35(27-4-2-1-3-5-27)41(36)28-6-9-33(10-7-28)48-24-32(25-48)43(54)49-20-26(21-49)19-47-22-30-17-37-38(18-31(30)23-47)45(56)50(44(37)55)39-14-15-40(52)46-42(39)53/h1-13,16-18,26,32,39,51H,14-15,19-25H2,(H,46,52,53). The van der Waals surface area contributed by atoms with Gasteiger partial charge in [-0.3, -0.25) is 39.1 Å². The lowest BCUT2D eigenvalue weighted by atomic mass is 9.89. The van der Waals surface area contributed by atoms with Crippen molar-refractivity contribution in [3.05, 3.63) is 119 Å². The molecule has 5 aliphatic heterocycles. The third kappa shape index (κ3) is 5.73. The predicted molar refractivity (Wildman–Crippen MR) is 209 cm³/mol. The SMILES string of the molecule is O=C1CCC(N2C(=O)c3cc4c(cc3C2=O)CN(CC2CN(C(=O)C3CN(c5ccc(-c6c(-c7ccccc7)ccc7cc(O)ccc67)cc5)C3)C2)C4)C(=O)N1. The number of piperidine rings is 1. The molecule has 5 heterocycles. The van der Waals surface area contributed by atoms with Crippen LogP contribution in [0.25, 0.3) is 33.0 Å². The third-order valence-corrected chi connectivity index (χ3v) is 12.2. The minimum absolute atomic E-state index is 0.0284. The minimum atomic E-state index is -0.973. The number of carbonyl (C=O) groups excluding carboxylic acids is 5. The van der Waals surface area contributed by atoms with Crippen molar-refractivity contribution in [1.82, 2.24) is 20.0 Å². The largest absolute Gasteiger partial charge is 0.508 e. The molecule has 0 bridgehead atoms. The van der Waals surface area contributed by atoms with Crippen molar-refractivity contribution in [3.63, 3.8) is 0 Å². The summed E-state index contributed by atoms with van der Waals surface area (Å²) in [5.41, 5.74) is 8.18. The first-order valence-electron chi connectivity index (χ1n) is 19.2. The molecule has 5 amide bonds. The van der Waals surface area contributed by atoms with E-state index in [1.807, 2.05) is 29.2 Å². The topological polar surface area (TPSA) is 131 Å². The fraction of sp³-hybridized carbons (Fsp3) is 0.267. The Hall–Kier alpha value is -6.33. The van der Waals surface area contributed by atoms with Gasteiger partial charge in [0.1, 0.15) is 11.8 Å². The molecule has 1 atom stereocenters. The van der Waals surface area contributed by atoms with E-state index in [4.69, 9.17) is 0 Å². The third-order valence-electron chi connectivity index (χ3n) is 12.2. The van der Waals surface area contributed by atoms with Crippen LogP contribution >= 0.6 is 0 Å². The molecular formula is C45H39N5O6. The summed E-state index contributed by atoms with van der Waals surface area (Å²) >= 11 is 0. The van der Waals surface area contributed by atoms with Gasteiger partial charge in [0.05, 0.1) is 17.0 Å². The van der Waals surface area contributed by atoms with Crippen LogP contribution < -0.4 is 10.2 Å². The van der Waals surface area contributed by atoms with Gasteiger partial charge in [-0.1, -0.05) is 60.7 Å². The average molecular weight is 746 g/mol. The van der Waals surface area contributed by atoms with Gasteiger partial charge >= 0.3 is 0 Å². The number of imide groups is 2. The number of hydrogen-bond acceptors (Lipinski definition) is 8. The van der Waals surface area contributed by atoms with Crippen LogP contribution in [0.2, 0.25) is 0 Å². The zero-order valence-corrected chi connectivity index (χ0v) is 30.6. The highest BCUT2D eigenvalue weighted by molar-refractivity contribution is 6.23.